The third-order valence-electron chi connectivity index (χ3n) is 2.57. The van der Waals surface area contributed by atoms with Gasteiger partial charge in [-0.25, -0.2) is 0 Å². The van der Waals surface area contributed by atoms with Crippen molar-refractivity contribution < 1.29 is 0 Å². The summed E-state index contributed by atoms with van der Waals surface area (Å²) in [5.41, 5.74) is 5.25. The van der Waals surface area contributed by atoms with Crippen molar-refractivity contribution in [1.82, 2.24) is 5.06 Å². The molecule has 0 spiro atoms. The Morgan fingerprint density at radius 1 is 1.69 bits per heavy atom. The van der Waals surface area contributed by atoms with Gasteiger partial charge in [-0.3, -0.25) is 0 Å². The van der Waals surface area contributed by atoms with E-state index in [2.05, 4.69) is 18.4 Å². The molecule has 72 valence electrons. The van der Waals surface area contributed by atoms with Crippen molar-refractivity contribution in [2.45, 2.75) is 32.2 Å². The fourth-order valence-electron chi connectivity index (χ4n) is 1.68. The van der Waals surface area contributed by atoms with Crippen LogP contribution in [-0.4, -0.2) is 18.2 Å². The number of hydrogen-bond donors (Lipinski definition) is 0. The zero-order chi connectivity index (χ0) is 9.84. The molecule has 0 heterocycles. The number of allylic oxidation sites excluding steroid dienone is 1. The molecule has 1 aliphatic rings. The lowest BCUT2D eigenvalue weighted by atomic mass is 10.0. The van der Waals surface area contributed by atoms with Crippen molar-refractivity contribution in [3.05, 3.63) is 34.7 Å². The molecule has 0 aromatic carbocycles. The van der Waals surface area contributed by atoms with E-state index in [1.807, 2.05) is 6.92 Å². The molecule has 0 bridgehead atoms. The van der Waals surface area contributed by atoms with Crippen LogP contribution in [0.3, 0.4) is 0 Å². The molecule has 0 radical (unpaired) electrons. The van der Waals surface area contributed by atoms with E-state index >= 15 is 0 Å². The molecule has 0 saturated carbocycles. The lowest BCUT2D eigenvalue weighted by Crippen LogP contribution is -2.27. The van der Waals surface area contributed by atoms with Gasteiger partial charge in [0, 0.05) is 6.04 Å². The summed E-state index contributed by atoms with van der Waals surface area (Å²) >= 11 is 0. The molecular weight excluding hydrogens is 162 g/mol. The molecule has 0 fully saturated rings. The molecule has 1 atom stereocenters. The second-order valence-electron chi connectivity index (χ2n) is 3.53. The van der Waals surface area contributed by atoms with Gasteiger partial charge >= 0.3 is 0 Å². The number of hydroxylamine groups is 2. The summed E-state index contributed by atoms with van der Waals surface area (Å²) in [4.78, 5) is 0. The van der Waals surface area contributed by atoms with Crippen LogP contribution < -0.4 is 0 Å². The van der Waals surface area contributed by atoms with Crippen LogP contribution in [-0.2, 0) is 0 Å². The van der Waals surface area contributed by atoms with E-state index < -0.39 is 0 Å². The van der Waals surface area contributed by atoms with Crippen molar-refractivity contribution in [2.24, 2.45) is 0 Å². The van der Waals surface area contributed by atoms with E-state index in [9.17, 15) is 5.21 Å². The molecule has 0 amide bonds. The Morgan fingerprint density at radius 2 is 2.38 bits per heavy atom. The van der Waals surface area contributed by atoms with Gasteiger partial charge in [0.15, 0.2) is 0 Å². The van der Waals surface area contributed by atoms with E-state index in [0.29, 0.717) is 0 Å². The Bertz CT molecular complexity index is 259. The van der Waals surface area contributed by atoms with Crippen LogP contribution >= 0.6 is 0 Å². The summed E-state index contributed by atoms with van der Waals surface area (Å²) in [5.74, 6) is 0. The topological polar surface area (TPSA) is 26.3 Å². The summed E-state index contributed by atoms with van der Waals surface area (Å²) in [6.45, 7) is 5.66. The first-order chi connectivity index (χ1) is 6.15. The number of likely N-dealkylation sites (N-methyl/N-ethyl adjacent to an activating group) is 1. The predicted molar refractivity (Wildman–Crippen MR) is 55.2 cm³/mol. The maximum absolute atomic E-state index is 11.2. The van der Waals surface area contributed by atoms with Crippen LogP contribution in [0.1, 0.15) is 26.2 Å². The first kappa shape index (κ1) is 10.3. The Kier molecular flexibility index (Phi) is 3.49. The number of nitrogens with zero attached hydrogens (tertiary/aromatic N) is 1. The molecule has 1 unspecified atom stereocenters. The number of hydrogen-bond acceptors (Lipinski definition) is 2. The predicted octanol–water partition coefficient (Wildman–Crippen LogP) is 2.63. The van der Waals surface area contributed by atoms with Crippen LogP contribution in [0.15, 0.2) is 29.5 Å². The zero-order valence-corrected chi connectivity index (χ0v) is 8.34. The average Bonchev–Trinajstić information content (AvgIpc) is 2.26. The third kappa shape index (κ3) is 2.56. The lowest BCUT2D eigenvalue weighted by molar-refractivity contribution is 0.368. The first-order valence-electron chi connectivity index (χ1n) is 4.59. The molecule has 2 heteroatoms. The van der Waals surface area contributed by atoms with Gasteiger partial charge in [0.1, 0.15) is 0 Å². The summed E-state index contributed by atoms with van der Waals surface area (Å²) in [6, 6.07) is -0.00764. The summed E-state index contributed by atoms with van der Waals surface area (Å²) in [6.07, 6.45) is 4.93. The van der Waals surface area contributed by atoms with Crippen molar-refractivity contribution >= 4 is 0 Å². The van der Waals surface area contributed by atoms with Gasteiger partial charge in [-0.2, -0.15) is 0 Å². The minimum Gasteiger partial charge on any atom is -0.785 e. The van der Waals surface area contributed by atoms with Crippen LogP contribution in [0, 0.1) is 5.21 Å². The Morgan fingerprint density at radius 3 is 2.92 bits per heavy atom. The highest BCUT2D eigenvalue weighted by Crippen LogP contribution is 2.24. The van der Waals surface area contributed by atoms with E-state index in [1.165, 1.54) is 11.1 Å². The molecule has 2 nitrogen and oxygen atoms in total. The normalized spacial score (nSPS) is 23.8. The van der Waals surface area contributed by atoms with Crippen molar-refractivity contribution in [1.29, 1.82) is 0 Å². The van der Waals surface area contributed by atoms with Gasteiger partial charge < -0.3 is 10.3 Å². The maximum atomic E-state index is 11.2. The van der Waals surface area contributed by atoms with Gasteiger partial charge in [-0.15, -0.1) is 5.73 Å². The average molecular weight is 178 g/mol. The molecule has 13 heavy (non-hydrogen) atoms. The van der Waals surface area contributed by atoms with Crippen molar-refractivity contribution in [3.8, 4) is 0 Å². The fraction of sp³-hybridized carbons (Fsp3) is 0.545. The standard InChI is InChI=1S/C11H16NO/c1-4-10-7-5-6-9(2)11(8-10)12(3)13/h6,11H,1,5,7-8H2,2-3H3/q-1. The second-order valence-corrected chi connectivity index (χ2v) is 3.53. The van der Waals surface area contributed by atoms with Gasteiger partial charge in [0.05, 0.1) is 0 Å². The molecule has 1 aliphatic carbocycles. The van der Waals surface area contributed by atoms with Crippen LogP contribution in [0.5, 0.6) is 0 Å². The second kappa shape index (κ2) is 4.43. The van der Waals surface area contributed by atoms with Crippen molar-refractivity contribution in [2.75, 3.05) is 7.05 Å². The number of rotatable bonds is 1. The van der Waals surface area contributed by atoms with Gasteiger partial charge in [-0.05, 0) is 38.8 Å². The zero-order valence-electron chi connectivity index (χ0n) is 8.34. The summed E-state index contributed by atoms with van der Waals surface area (Å²) < 4.78 is 0. The van der Waals surface area contributed by atoms with Crippen LogP contribution in [0.2, 0.25) is 0 Å². The van der Waals surface area contributed by atoms with Crippen molar-refractivity contribution in [3.63, 3.8) is 0 Å². The largest absolute Gasteiger partial charge is 0.785 e. The van der Waals surface area contributed by atoms with Gasteiger partial charge in [0.2, 0.25) is 0 Å². The van der Waals surface area contributed by atoms with Crippen LogP contribution in [0.25, 0.3) is 0 Å². The van der Waals surface area contributed by atoms with E-state index in [-0.39, 0.29) is 6.04 Å². The third-order valence-corrected chi connectivity index (χ3v) is 2.57. The van der Waals surface area contributed by atoms with E-state index in [0.717, 1.165) is 24.3 Å². The highest BCUT2D eigenvalue weighted by molar-refractivity contribution is 5.18. The van der Waals surface area contributed by atoms with E-state index in [4.69, 9.17) is 0 Å². The minimum atomic E-state index is -0.00764. The monoisotopic (exact) mass is 178 g/mol. The first-order valence-corrected chi connectivity index (χ1v) is 4.59. The summed E-state index contributed by atoms with van der Waals surface area (Å²) in [5, 5.41) is 12.3. The molecular formula is C11H16NO-. The van der Waals surface area contributed by atoms with Gasteiger partial charge in [-0.1, -0.05) is 18.2 Å². The Labute approximate surface area is 79.8 Å². The SMILES string of the molecule is C=C=C1CCC=C(C)C(N(C)[O-])C1. The molecule has 1 rings (SSSR count). The van der Waals surface area contributed by atoms with Gasteiger partial charge in [0.25, 0.3) is 0 Å². The molecule has 0 aromatic heterocycles. The maximum Gasteiger partial charge on any atom is 0.0229 e. The Balaban J connectivity index is 2.83. The quantitative estimate of drug-likeness (QED) is 0.350. The molecule has 0 aromatic rings. The van der Waals surface area contributed by atoms with E-state index in [1.54, 1.807) is 7.05 Å². The Hall–Kier alpha value is -0.820. The fourth-order valence-corrected chi connectivity index (χ4v) is 1.68. The highest BCUT2D eigenvalue weighted by atomic mass is 16.5. The molecule has 0 N–H and O–H groups in total. The summed E-state index contributed by atoms with van der Waals surface area (Å²) in [7, 11) is 1.58. The molecule has 0 saturated heterocycles. The highest BCUT2D eigenvalue weighted by Gasteiger charge is 2.15. The molecule has 0 aliphatic heterocycles. The lowest BCUT2D eigenvalue weighted by Gasteiger charge is -2.33. The smallest absolute Gasteiger partial charge is 0.0229 e. The minimum absolute atomic E-state index is 0.00764. The van der Waals surface area contributed by atoms with Crippen LogP contribution in [0.4, 0.5) is 0 Å².